The maximum atomic E-state index is 3.85. The summed E-state index contributed by atoms with van der Waals surface area (Å²) in [7, 11) is 0. The Balaban J connectivity index is 1.81. The molecule has 0 radical (unpaired) electrons. The van der Waals surface area contributed by atoms with Crippen LogP contribution in [0.4, 0.5) is 0 Å². The van der Waals surface area contributed by atoms with Gasteiger partial charge in [0.05, 0.1) is 0 Å². The second-order valence-electron chi connectivity index (χ2n) is 6.16. The van der Waals surface area contributed by atoms with E-state index in [-0.39, 0.29) is 0 Å². The van der Waals surface area contributed by atoms with Gasteiger partial charge in [-0.1, -0.05) is 33.1 Å². The Morgan fingerprint density at radius 1 is 1.25 bits per heavy atom. The Morgan fingerprint density at radius 3 is 2.56 bits per heavy atom. The van der Waals surface area contributed by atoms with Crippen LogP contribution in [0.15, 0.2) is 0 Å². The molecule has 16 heavy (non-hydrogen) atoms. The second kappa shape index (κ2) is 5.50. The summed E-state index contributed by atoms with van der Waals surface area (Å²) in [5, 5.41) is 7.39. The van der Waals surface area contributed by atoms with Crippen molar-refractivity contribution < 1.29 is 0 Å². The smallest absolute Gasteiger partial charge is 0.00673 e. The Bertz CT molecular complexity index is 201. The highest BCUT2D eigenvalue weighted by Gasteiger charge is 2.36. The lowest BCUT2D eigenvalue weighted by atomic mass is 9.76. The summed E-state index contributed by atoms with van der Waals surface area (Å²) in [6, 6.07) is 0.810. The average molecular weight is 224 g/mol. The first-order valence-electron chi connectivity index (χ1n) is 7.17. The summed E-state index contributed by atoms with van der Waals surface area (Å²) in [6.45, 7) is 8.42. The van der Waals surface area contributed by atoms with E-state index in [0.29, 0.717) is 5.41 Å². The van der Waals surface area contributed by atoms with E-state index in [4.69, 9.17) is 0 Å². The minimum Gasteiger partial charge on any atom is -0.316 e. The van der Waals surface area contributed by atoms with Gasteiger partial charge in [-0.2, -0.15) is 0 Å². The molecule has 1 atom stereocenters. The molecule has 2 nitrogen and oxygen atoms in total. The van der Waals surface area contributed by atoms with Crippen molar-refractivity contribution in [3.8, 4) is 0 Å². The van der Waals surface area contributed by atoms with Gasteiger partial charge in [-0.05, 0) is 37.1 Å². The molecular formula is C14H28N2. The third kappa shape index (κ3) is 2.78. The molecule has 1 heterocycles. The van der Waals surface area contributed by atoms with E-state index < -0.39 is 0 Å². The monoisotopic (exact) mass is 224 g/mol. The molecule has 0 aromatic heterocycles. The van der Waals surface area contributed by atoms with E-state index in [1.807, 2.05) is 0 Å². The van der Waals surface area contributed by atoms with Crippen molar-refractivity contribution in [1.82, 2.24) is 10.6 Å². The lowest BCUT2D eigenvalue weighted by Gasteiger charge is -2.35. The normalized spacial score (nSPS) is 32.4. The topological polar surface area (TPSA) is 24.1 Å². The van der Waals surface area contributed by atoms with Crippen LogP contribution in [0, 0.1) is 11.3 Å². The van der Waals surface area contributed by atoms with E-state index in [2.05, 4.69) is 24.5 Å². The van der Waals surface area contributed by atoms with E-state index in [1.165, 1.54) is 58.2 Å². The van der Waals surface area contributed by atoms with Crippen LogP contribution in [0.1, 0.15) is 52.4 Å². The molecule has 1 aliphatic heterocycles. The molecule has 2 rings (SSSR count). The number of rotatable bonds is 4. The fraction of sp³-hybridized carbons (Fsp3) is 1.00. The minimum atomic E-state index is 0.525. The zero-order valence-corrected chi connectivity index (χ0v) is 11.0. The highest BCUT2D eigenvalue weighted by atomic mass is 15.0. The molecule has 2 aliphatic rings. The van der Waals surface area contributed by atoms with Crippen LogP contribution in [-0.2, 0) is 0 Å². The highest BCUT2D eigenvalue weighted by molar-refractivity contribution is 4.93. The largest absolute Gasteiger partial charge is 0.316 e. The maximum absolute atomic E-state index is 3.85. The number of nitrogens with one attached hydrogen (secondary N) is 2. The first-order chi connectivity index (χ1) is 7.73. The van der Waals surface area contributed by atoms with Gasteiger partial charge in [0.1, 0.15) is 0 Å². The fourth-order valence-corrected chi connectivity index (χ4v) is 3.27. The Labute approximate surface area is 101 Å². The predicted octanol–water partition coefficient (Wildman–Crippen LogP) is 2.54. The second-order valence-corrected chi connectivity index (χ2v) is 6.16. The van der Waals surface area contributed by atoms with Crippen molar-refractivity contribution in [2.75, 3.05) is 19.6 Å². The first kappa shape index (κ1) is 12.4. The third-order valence-corrected chi connectivity index (χ3v) is 4.85. The zero-order valence-electron chi connectivity index (χ0n) is 11.0. The molecular weight excluding hydrogens is 196 g/mol. The Hall–Kier alpha value is -0.0800. The van der Waals surface area contributed by atoms with Crippen molar-refractivity contribution in [3.05, 3.63) is 0 Å². The molecule has 1 saturated carbocycles. The fourth-order valence-electron chi connectivity index (χ4n) is 3.27. The van der Waals surface area contributed by atoms with Gasteiger partial charge in [0.2, 0.25) is 0 Å². The van der Waals surface area contributed by atoms with Gasteiger partial charge in [0, 0.05) is 19.1 Å². The average Bonchev–Trinajstić information content (AvgIpc) is 2.78. The minimum absolute atomic E-state index is 0.525. The van der Waals surface area contributed by atoms with Crippen LogP contribution >= 0.6 is 0 Å². The summed E-state index contributed by atoms with van der Waals surface area (Å²) in [4.78, 5) is 0. The summed E-state index contributed by atoms with van der Waals surface area (Å²) in [5.41, 5.74) is 0.525. The van der Waals surface area contributed by atoms with Crippen LogP contribution in [0.3, 0.4) is 0 Å². The molecule has 0 aromatic carbocycles. The van der Waals surface area contributed by atoms with E-state index in [9.17, 15) is 0 Å². The molecule has 0 bridgehead atoms. The molecule has 2 fully saturated rings. The maximum Gasteiger partial charge on any atom is 0.00673 e. The molecule has 1 aliphatic carbocycles. The Morgan fingerprint density at radius 2 is 2.00 bits per heavy atom. The van der Waals surface area contributed by atoms with Crippen LogP contribution in [-0.4, -0.2) is 25.7 Å². The molecule has 1 unspecified atom stereocenters. The standard InChI is InChI=1S/C14H28N2/c1-12(2)14(8-9-15-10-14)11-16-13-6-4-3-5-7-13/h12-13,15-16H,3-11H2,1-2H3. The van der Waals surface area contributed by atoms with Gasteiger partial charge in [-0.15, -0.1) is 0 Å². The van der Waals surface area contributed by atoms with Crippen LogP contribution in [0.5, 0.6) is 0 Å². The molecule has 0 spiro atoms. The number of hydrogen-bond acceptors (Lipinski definition) is 2. The van der Waals surface area contributed by atoms with E-state index >= 15 is 0 Å². The molecule has 94 valence electrons. The van der Waals surface area contributed by atoms with Crippen molar-refractivity contribution in [1.29, 1.82) is 0 Å². The molecule has 1 saturated heterocycles. The third-order valence-electron chi connectivity index (χ3n) is 4.85. The van der Waals surface area contributed by atoms with Gasteiger partial charge >= 0.3 is 0 Å². The first-order valence-corrected chi connectivity index (χ1v) is 7.17. The SMILES string of the molecule is CC(C)C1(CNC2CCCCC2)CCNC1. The van der Waals surface area contributed by atoms with Gasteiger partial charge < -0.3 is 10.6 Å². The molecule has 0 amide bonds. The van der Waals surface area contributed by atoms with Crippen molar-refractivity contribution >= 4 is 0 Å². The van der Waals surface area contributed by atoms with Crippen LogP contribution in [0.2, 0.25) is 0 Å². The lowest BCUT2D eigenvalue weighted by Crippen LogP contribution is -2.44. The van der Waals surface area contributed by atoms with E-state index in [0.717, 1.165) is 12.0 Å². The highest BCUT2D eigenvalue weighted by Crippen LogP contribution is 2.33. The van der Waals surface area contributed by atoms with Crippen molar-refractivity contribution in [2.24, 2.45) is 11.3 Å². The molecule has 2 heteroatoms. The molecule has 0 aromatic rings. The lowest BCUT2D eigenvalue weighted by molar-refractivity contribution is 0.192. The van der Waals surface area contributed by atoms with Crippen LogP contribution < -0.4 is 10.6 Å². The predicted molar refractivity (Wildman–Crippen MR) is 69.6 cm³/mol. The van der Waals surface area contributed by atoms with Crippen LogP contribution in [0.25, 0.3) is 0 Å². The van der Waals surface area contributed by atoms with Crippen molar-refractivity contribution in [2.45, 2.75) is 58.4 Å². The molecule has 2 N–H and O–H groups in total. The van der Waals surface area contributed by atoms with Gasteiger partial charge in [0.25, 0.3) is 0 Å². The Kier molecular flexibility index (Phi) is 4.26. The summed E-state index contributed by atoms with van der Waals surface area (Å²) < 4.78 is 0. The zero-order chi connectivity index (χ0) is 11.4. The van der Waals surface area contributed by atoms with Gasteiger partial charge in [0.15, 0.2) is 0 Å². The van der Waals surface area contributed by atoms with Gasteiger partial charge in [-0.25, -0.2) is 0 Å². The van der Waals surface area contributed by atoms with Crippen molar-refractivity contribution in [3.63, 3.8) is 0 Å². The quantitative estimate of drug-likeness (QED) is 0.767. The summed E-state index contributed by atoms with van der Waals surface area (Å²) in [5.74, 6) is 0.790. The number of hydrogen-bond donors (Lipinski definition) is 2. The summed E-state index contributed by atoms with van der Waals surface area (Å²) >= 11 is 0. The summed E-state index contributed by atoms with van der Waals surface area (Å²) in [6.07, 6.45) is 8.48. The van der Waals surface area contributed by atoms with Gasteiger partial charge in [-0.3, -0.25) is 0 Å². The van der Waals surface area contributed by atoms with E-state index in [1.54, 1.807) is 0 Å².